The second-order valence-electron chi connectivity index (χ2n) is 5.06. The van der Waals surface area contributed by atoms with Gasteiger partial charge in [-0.1, -0.05) is 27.7 Å². The first kappa shape index (κ1) is 18.8. The summed E-state index contributed by atoms with van der Waals surface area (Å²) in [5.41, 5.74) is 0. The third kappa shape index (κ3) is 11.4. The molecule has 0 unspecified atom stereocenters. The molecule has 0 fully saturated rings. The molecule has 0 atom stereocenters. The highest BCUT2D eigenvalue weighted by atomic mass is 32.2. The maximum absolute atomic E-state index is 11.7. The Morgan fingerprint density at radius 3 is 2.21 bits per heavy atom. The predicted molar refractivity (Wildman–Crippen MR) is 82.0 cm³/mol. The van der Waals surface area contributed by atoms with Crippen molar-refractivity contribution in [2.24, 2.45) is 0 Å². The zero-order valence-electron chi connectivity index (χ0n) is 12.9. The fourth-order valence-corrected chi connectivity index (χ4v) is 2.92. The molecule has 116 valence electrons. The predicted octanol–water partition coefficient (Wildman–Crippen LogP) is 1.03. The highest BCUT2D eigenvalue weighted by molar-refractivity contribution is 7.89. The zero-order chi connectivity index (χ0) is 14.7. The van der Waals surface area contributed by atoms with Gasteiger partial charge in [0.15, 0.2) is 0 Å². The van der Waals surface area contributed by atoms with E-state index in [9.17, 15) is 8.42 Å². The van der Waals surface area contributed by atoms with Gasteiger partial charge in [-0.25, -0.2) is 13.1 Å². The number of hydrogen-bond acceptors (Lipinski definition) is 4. The van der Waals surface area contributed by atoms with Crippen LogP contribution in [0.25, 0.3) is 0 Å². The minimum absolute atomic E-state index is 0.206. The summed E-state index contributed by atoms with van der Waals surface area (Å²) in [6, 6.07) is 0.407. The van der Waals surface area contributed by atoms with Gasteiger partial charge < -0.3 is 10.2 Å². The smallest absolute Gasteiger partial charge is 0.211 e. The number of rotatable bonds is 12. The van der Waals surface area contributed by atoms with E-state index in [0.717, 1.165) is 32.6 Å². The summed E-state index contributed by atoms with van der Waals surface area (Å²) in [6.07, 6.45) is 1.52. The summed E-state index contributed by atoms with van der Waals surface area (Å²) in [4.78, 5) is 2.29. The van der Waals surface area contributed by atoms with Gasteiger partial charge >= 0.3 is 0 Å². The van der Waals surface area contributed by atoms with Crippen LogP contribution >= 0.6 is 0 Å². The lowest BCUT2D eigenvalue weighted by Crippen LogP contribution is -2.32. The van der Waals surface area contributed by atoms with Crippen LogP contribution in [0.3, 0.4) is 0 Å². The lowest BCUT2D eigenvalue weighted by molar-refractivity contribution is 0.300. The Bertz CT molecular complexity index is 301. The van der Waals surface area contributed by atoms with Crippen LogP contribution in [0.2, 0.25) is 0 Å². The van der Waals surface area contributed by atoms with Crippen molar-refractivity contribution >= 4 is 10.0 Å². The molecule has 2 N–H and O–H groups in total. The number of hydrogen-bond donors (Lipinski definition) is 2. The van der Waals surface area contributed by atoms with Gasteiger partial charge in [-0.05, 0) is 39.0 Å². The van der Waals surface area contributed by atoms with Crippen molar-refractivity contribution in [2.75, 3.05) is 38.5 Å². The molecule has 0 aromatic carbocycles. The first-order valence-corrected chi connectivity index (χ1v) is 8.99. The maximum atomic E-state index is 11.7. The first-order chi connectivity index (χ1) is 8.91. The SMILES string of the molecule is CCN(CC)CCCNS(=O)(=O)CCCNC(C)C. The minimum Gasteiger partial charge on any atom is -0.314 e. The third-order valence-electron chi connectivity index (χ3n) is 3.01. The monoisotopic (exact) mass is 293 g/mol. The van der Waals surface area contributed by atoms with Crippen molar-refractivity contribution in [3.63, 3.8) is 0 Å². The highest BCUT2D eigenvalue weighted by Gasteiger charge is 2.09. The molecule has 5 nitrogen and oxygen atoms in total. The van der Waals surface area contributed by atoms with E-state index >= 15 is 0 Å². The summed E-state index contributed by atoms with van der Waals surface area (Å²) in [7, 11) is -3.10. The van der Waals surface area contributed by atoms with Crippen molar-refractivity contribution in [1.82, 2.24) is 14.9 Å². The molecule has 0 aliphatic rings. The second kappa shape index (κ2) is 10.6. The summed E-state index contributed by atoms with van der Waals surface area (Å²) in [5.74, 6) is 0.206. The molecule has 0 heterocycles. The van der Waals surface area contributed by atoms with E-state index < -0.39 is 10.0 Å². The highest BCUT2D eigenvalue weighted by Crippen LogP contribution is 1.93. The van der Waals surface area contributed by atoms with Crippen molar-refractivity contribution in [3.05, 3.63) is 0 Å². The number of nitrogens with zero attached hydrogens (tertiary/aromatic N) is 1. The summed E-state index contributed by atoms with van der Waals surface area (Å²) in [5, 5.41) is 3.22. The lowest BCUT2D eigenvalue weighted by Gasteiger charge is -2.17. The molecule has 0 radical (unpaired) electrons. The molecule has 0 aliphatic carbocycles. The number of sulfonamides is 1. The summed E-state index contributed by atoms with van der Waals surface area (Å²) >= 11 is 0. The van der Waals surface area contributed by atoms with Crippen molar-refractivity contribution in [2.45, 2.75) is 46.6 Å². The van der Waals surface area contributed by atoms with Gasteiger partial charge in [-0.15, -0.1) is 0 Å². The van der Waals surface area contributed by atoms with Crippen LogP contribution < -0.4 is 10.0 Å². The van der Waals surface area contributed by atoms with Gasteiger partial charge in [0.25, 0.3) is 0 Å². The van der Waals surface area contributed by atoms with E-state index in [1.165, 1.54) is 0 Å². The fraction of sp³-hybridized carbons (Fsp3) is 1.00. The molecule has 0 aromatic heterocycles. The molecular formula is C13H31N3O2S. The van der Waals surface area contributed by atoms with E-state index in [1.54, 1.807) is 0 Å². The summed E-state index contributed by atoms with van der Waals surface area (Å²) in [6.45, 7) is 12.6. The van der Waals surface area contributed by atoms with E-state index in [1.807, 2.05) is 0 Å². The first-order valence-electron chi connectivity index (χ1n) is 7.34. The van der Waals surface area contributed by atoms with E-state index in [0.29, 0.717) is 19.0 Å². The maximum Gasteiger partial charge on any atom is 0.211 e. The van der Waals surface area contributed by atoms with Crippen molar-refractivity contribution in [1.29, 1.82) is 0 Å². The van der Waals surface area contributed by atoms with Crippen LogP contribution in [-0.2, 0) is 10.0 Å². The third-order valence-corrected chi connectivity index (χ3v) is 4.48. The molecule has 0 aliphatic heterocycles. The Morgan fingerprint density at radius 2 is 1.68 bits per heavy atom. The average molecular weight is 293 g/mol. The standard InChI is InChI=1S/C13H31N3O2S/c1-5-16(6-2)11-7-10-15-19(17,18)12-8-9-14-13(3)4/h13-15H,5-12H2,1-4H3. The number of nitrogens with one attached hydrogen (secondary N) is 2. The van der Waals surface area contributed by atoms with Crippen LogP contribution in [-0.4, -0.2) is 57.8 Å². The molecule has 0 bridgehead atoms. The lowest BCUT2D eigenvalue weighted by atomic mass is 10.4. The molecule has 0 amide bonds. The van der Waals surface area contributed by atoms with E-state index in [-0.39, 0.29) is 5.75 Å². The molecule has 0 saturated carbocycles. The molecule has 0 aromatic rings. The van der Waals surface area contributed by atoms with E-state index in [4.69, 9.17) is 0 Å². The van der Waals surface area contributed by atoms with Crippen LogP contribution in [0.1, 0.15) is 40.5 Å². The quantitative estimate of drug-likeness (QED) is 0.528. The topological polar surface area (TPSA) is 61.4 Å². The Hall–Kier alpha value is -0.170. The van der Waals surface area contributed by atoms with Gasteiger partial charge in [-0.3, -0.25) is 0 Å². The van der Waals surface area contributed by atoms with Gasteiger partial charge in [0.2, 0.25) is 10.0 Å². The molecule has 6 heteroatoms. The van der Waals surface area contributed by atoms with Crippen molar-refractivity contribution < 1.29 is 8.42 Å². The second-order valence-corrected chi connectivity index (χ2v) is 6.98. The van der Waals surface area contributed by atoms with Gasteiger partial charge in [0.1, 0.15) is 0 Å². The fourth-order valence-electron chi connectivity index (χ4n) is 1.80. The Labute approximate surface area is 119 Å². The molecule has 0 spiro atoms. The van der Waals surface area contributed by atoms with Gasteiger partial charge in [-0.2, -0.15) is 0 Å². The Kier molecular flexibility index (Phi) is 10.5. The van der Waals surface area contributed by atoms with Gasteiger partial charge in [0.05, 0.1) is 5.75 Å². The normalized spacial score (nSPS) is 12.5. The Balaban J connectivity index is 3.67. The van der Waals surface area contributed by atoms with Crippen LogP contribution in [0, 0.1) is 0 Å². The van der Waals surface area contributed by atoms with E-state index in [2.05, 4.69) is 42.6 Å². The molecular weight excluding hydrogens is 262 g/mol. The van der Waals surface area contributed by atoms with Crippen LogP contribution in [0.5, 0.6) is 0 Å². The van der Waals surface area contributed by atoms with Gasteiger partial charge in [0, 0.05) is 12.6 Å². The summed E-state index contributed by atoms with van der Waals surface area (Å²) < 4.78 is 26.1. The molecule has 0 rings (SSSR count). The average Bonchev–Trinajstić information content (AvgIpc) is 2.35. The molecule has 19 heavy (non-hydrogen) atoms. The largest absolute Gasteiger partial charge is 0.314 e. The minimum atomic E-state index is -3.10. The Morgan fingerprint density at radius 1 is 1.05 bits per heavy atom. The van der Waals surface area contributed by atoms with Crippen LogP contribution in [0.4, 0.5) is 0 Å². The van der Waals surface area contributed by atoms with Crippen LogP contribution in [0.15, 0.2) is 0 Å². The zero-order valence-corrected chi connectivity index (χ0v) is 13.7. The van der Waals surface area contributed by atoms with Crippen molar-refractivity contribution in [3.8, 4) is 0 Å². The molecule has 0 saturated heterocycles.